The molecule has 0 aliphatic carbocycles. The number of piperidine rings is 2. The van der Waals surface area contributed by atoms with Crippen LogP contribution in [0.2, 0.25) is 0 Å². The van der Waals surface area contributed by atoms with Gasteiger partial charge in [0.1, 0.15) is 11.6 Å². The second-order valence-electron chi connectivity index (χ2n) is 11.6. The fourth-order valence-corrected chi connectivity index (χ4v) is 7.52. The van der Waals surface area contributed by atoms with Crippen LogP contribution in [0.4, 0.5) is 0 Å². The number of para-hydroxylation sites is 2. The molecule has 2 aromatic carbocycles. The summed E-state index contributed by atoms with van der Waals surface area (Å²) in [5, 5.41) is 0. The average molecular weight is 507 g/mol. The van der Waals surface area contributed by atoms with Crippen molar-refractivity contribution in [1.82, 2.24) is 29.3 Å². The molecule has 6 nitrogen and oxygen atoms in total. The predicted molar refractivity (Wildman–Crippen MR) is 152 cm³/mol. The smallest absolute Gasteiger partial charge is 0.120 e. The Balaban J connectivity index is 1.11. The molecule has 5 heterocycles. The van der Waals surface area contributed by atoms with Gasteiger partial charge in [-0.25, -0.2) is 9.97 Å². The molecule has 196 valence electrons. The number of H-pyrrole nitrogens is 1. The number of aromatic nitrogens is 4. The second-order valence-corrected chi connectivity index (χ2v) is 11.6. The molecule has 2 unspecified atom stereocenters. The number of benzene rings is 2. The van der Waals surface area contributed by atoms with E-state index in [-0.39, 0.29) is 5.41 Å². The number of fused-ring (bicyclic) bond motifs is 3. The Kier molecular flexibility index (Phi) is 6.08. The van der Waals surface area contributed by atoms with E-state index in [9.17, 15) is 0 Å². The number of likely N-dealkylation sites (tertiary alicyclic amines) is 1. The Hall–Kier alpha value is -3.38. The van der Waals surface area contributed by atoms with Crippen LogP contribution in [-0.4, -0.2) is 54.5 Å². The van der Waals surface area contributed by atoms with Crippen molar-refractivity contribution in [3.8, 4) is 0 Å². The van der Waals surface area contributed by atoms with Crippen LogP contribution in [-0.2, 0) is 12.0 Å². The first-order valence-electron chi connectivity index (χ1n) is 14.3. The molecule has 2 aromatic heterocycles. The van der Waals surface area contributed by atoms with Gasteiger partial charge >= 0.3 is 0 Å². The van der Waals surface area contributed by atoms with Gasteiger partial charge in [-0.3, -0.25) is 4.90 Å². The first-order chi connectivity index (χ1) is 18.7. The first kappa shape index (κ1) is 23.7. The SMILES string of the molecule is Cc1nc2ccccc2n1C1CC2CC[C@@H](C1)N2/C=C/C1(c2ccccc2)CCN(Cc2ncc[nH]2)CC1. The number of allylic oxidation sites excluding steroid dienone is 1. The Morgan fingerprint density at radius 2 is 1.68 bits per heavy atom. The van der Waals surface area contributed by atoms with Crippen molar-refractivity contribution in [2.24, 2.45) is 0 Å². The normalized spacial score (nSPS) is 25.5. The molecule has 2 bridgehead atoms. The number of hydrogen-bond donors (Lipinski definition) is 1. The van der Waals surface area contributed by atoms with E-state index in [1.165, 1.54) is 36.8 Å². The highest BCUT2D eigenvalue weighted by atomic mass is 15.2. The first-order valence-corrected chi connectivity index (χ1v) is 14.3. The van der Waals surface area contributed by atoms with E-state index in [0.717, 1.165) is 49.6 Å². The predicted octanol–water partition coefficient (Wildman–Crippen LogP) is 5.98. The van der Waals surface area contributed by atoms with Crippen molar-refractivity contribution in [2.45, 2.75) is 75.5 Å². The molecule has 3 aliphatic heterocycles. The number of aromatic amines is 1. The summed E-state index contributed by atoms with van der Waals surface area (Å²) in [5.74, 6) is 2.22. The highest BCUT2D eigenvalue weighted by Gasteiger charge is 2.41. The molecule has 1 N–H and O–H groups in total. The van der Waals surface area contributed by atoms with Gasteiger partial charge in [-0.2, -0.15) is 0 Å². The minimum atomic E-state index is 0.0916. The maximum absolute atomic E-state index is 4.87. The number of rotatable bonds is 6. The summed E-state index contributed by atoms with van der Waals surface area (Å²) in [6.45, 7) is 5.25. The zero-order valence-corrected chi connectivity index (χ0v) is 22.3. The van der Waals surface area contributed by atoms with Crippen LogP contribution in [0.5, 0.6) is 0 Å². The fraction of sp³-hybridized carbons (Fsp3) is 0.438. The minimum absolute atomic E-state index is 0.0916. The lowest BCUT2D eigenvalue weighted by molar-refractivity contribution is 0.153. The molecule has 0 spiro atoms. The van der Waals surface area contributed by atoms with E-state index in [0.29, 0.717) is 18.1 Å². The average Bonchev–Trinajstić information content (AvgIpc) is 3.64. The molecule has 0 amide bonds. The topological polar surface area (TPSA) is 53.0 Å². The van der Waals surface area contributed by atoms with Gasteiger partial charge in [0.2, 0.25) is 0 Å². The van der Waals surface area contributed by atoms with E-state index < -0.39 is 0 Å². The van der Waals surface area contributed by atoms with Crippen molar-refractivity contribution in [3.63, 3.8) is 0 Å². The van der Waals surface area contributed by atoms with Crippen LogP contribution in [0.15, 0.2) is 79.3 Å². The van der Waals surface area contributed by atoms with Gasteiger partial charge in [0.15, 0.2) is 0 Å². The van der Waals surface area contributed by atoms with Crippen molar-refractivity contribution in [1.29, 1.82) is 0 Å². The number of hydrogen-bond acceptors (Lipinski definition) is 4. The maximum atomic E-state index is 4.87. The molecule has 3 atom stereocenters. The maximum Gasteiger partial charge on any atom is 0.120 e. The van der Waals surface area contributed by atoms with Gasteiger partial charge in [0.25, 0.3) is 0 Å². The Morgan fingerprint density at radius 3 is 2.42 bits per heavy atom. The summed E-state index contributed by atoms with van der Waals surface area (Å²) in [7, 11) is 0. The van der Waals surface area contributed by atoms with Crippen LogP contribution in [0.25, 0.3) is 11.0 Å². The van der Waals surface area contributed by atoms with Crippen LogP contribution < -0.4 is 0 Å². The summed E-state index contributed by atoms with van der Waals surface area (Å²) < 4.78 is 2.53. The molecular formula is C32H38N6. The fourth-order valence-electron chi connectivity index (χ4n) is 7.52. The van der Waals surface area contributed by atoms with Crippen LogP contribution in [0.3, 0.4) is 0 Å². The second kappa shape index (κ2) is 9.73. The van der Waals surface area contributed by atoms with Crippen molar-refractivity contribution >= 4 is 11.0 Å². The van der Waals surface area contributed by atoms with E-state index in [1.807, 2.05) is 12.4 Å². The van der Waals surface area contributed by atoms with E-state index in [2.05, 4.69) is 98.1 Å². The van der Waals surface area contributed by atoms with Crippen molar-refractivity contribution in [3.05, 3.63) is 96.5 Å². The van der Waals surface area contributed by atoms with Gasteiger partial charge < -0.3 is 14.5 Å². The molecule has 0 saturated carbocycles. The highest BCUT2D eigenvalue weighted by Crippen LogP contribution is 2.44. The van der Waals surface area contributed by atoms with Crippen LogP contribution in [0, 0.1) is 6.92 Å². The molecule has 6 heteroatoms. The van der Waals surface area contributed by atoms with Gasteiger partial charge in [-0.15, -0.1) is 0 Å². The highest BCUT2D eigenvalue weighted by molar-refractivity contribution is 5.76. The molecule has 3 aliphatic rings. The largest absolute Gasteiger partial charge is 0.372 e. The van der Waals surface area contributed by atoms with Gasteiger partial charge in [0.05, 0.1) is 17.6 Å². The summed E-state index contributed by atoms with van der Waals surface area (Å²) >= 11 is 0. The van der Waals surface area contributed by atoms with Gasteiger partial charge in [0, 0.05) is 35.9 Å². The van der Waals surface area contributed by atoms with Gasteiger partial charge in [-0.05, 0) is 82.4 Å². The Labute approximate surface area is 225 Å². The molecule has 4 aromatic rings. The lowest BCUT2D eigenvalue weighted by atomic mass is 9.72. The van der Waals surface area contributed by atoms with Crippen LogP contribution >= 0.6 is 0 Å². The minimum Gasteiger partial charge on any atom is -0.372 e. The zero-order chi connectivity index (χ0) is 25.5. The van der Waals surface area contributed by atoms with Gasteiger partial charge in [-0.1, -0.05) is 48.5 Å². The monoisotopic (exact) mass is 506 g/mol. The molecule has 38 heavy (non-hydrogen) atoms. The molecule has 0 radical (unpaired) electrons. The number of nitrogens with zero attached hydrogens (tertiary/aromatic N) is 5. The lowest BCUT2D eigenvalue weighted by Gasteiger charge is -2.43. The third-order valence-electron chi connectivity index (χ3n) is 9.49. The van der Waals surface area contributed by atoms with Crippen molar-refractivity contribution in [2.75, 3.05) is 13.1 Å². The lowest BCUT2D eigenvalue weighted by Crippen LogP contribution is -2.43. The van der Waals surface area contributed by atoms with E-state index >= 15 is 0 Å². The number of nitrogens with one attached hydrogen (secondary N) is 1. The zero-order valence-electron chi connectivity index (χ0n) is 22.3. The third-order valence-corrected chi connectivity index (χ3v) is 9.49. The molecular weight excluding hydrogens is 468 g/mol. The molecule has 7 rings (SSSR count). The van der Waals surface area contributed by atoms with E-state index in [4.69, 9.17) is 4.98 Å². The van der Waals surface area contributed by atoms with E-state index in [1.54, 1.807) is 0 Å². The number of imidazole rings is 2. The summed E-state index contributed by atoms with van der Waals surface area (Å²) in [5.41, 5.74) is 3.97. The quantitative estimate of drug-likeness (QED) is 0.349. The molecule has 3 fully saturated rings. The number of aryl methyl sites for hydroxylation is 1. The Bertz CT molecular complexity index is 1380. The standard InChI is InChI=1S/C32H38N6/c1-24-35-29-9-5-6-10-30(29)38(24)28-21-26-11-12-27(22-28)37(26)20-15-32(25-7-3-2-4-8-25)13-18-36(19-14-32)23-31-33-16-17-34-31/h2-10,15-17,20,26-28H,11-14,18-19,21-23H2,1H3,(H,33,34)/b20-15+/t26-,27?,28?/m0/s1. The molecule has 3 saturated heterocycles. The Morgan fingerprint density at radius 1 is 0.947 bits per heavy atom. The summed E-state index contributed by atoms with van der Waals surface area (Å²) in [6, 6.07) is 21.6. The third kappa shape index (κ3) is 4.25. The summed E-state index contributed by atoms with van der Waals surface area (Å²) in [6.07, 6.45) is 16.1. The van der Waals surface area contributed by atoms with Crippen LogP contribution in [0.1, 0.15) is 61.8 Å². The van der Waals surface area contributed by atoms with Crippen molar-refractivity contribution < 1.29 is 0 Å². The summed E-state index contributed by atoms with van der Waals surface area (Å²) in [4.78, 5) is 17.9.